The molecule has 0 radical (unpaired) electrons. The average Bonchev–Trinajstić information content (AvgIpc) is 2.79. The van der Waals surface area contributed by atoms with Gasteiger partial charge in [-0.2, -0.15) is 0 Å². The summed E-state index contributed by atoms with van der Waals surface area (Å²) < 4.78 is 17.0. The first-order chi connectivity index (χ1) is 7.82. The molecule has 0 bridgehead atoms. The summed E-state index contributed by atoms with van der Waals surface area (Å²) in [5, 5.41) is 0. The standard InChI is InChI=1S/C13H18O3/c1-3-8-13(15-9-10-16-13)11-6-4-5-7-12(11)14-2/h4-7H,3,8-10H2,1-2H3. The molecular formula is C13H18O3. The Hall–Kier alpha value is -1.06. The molecule has 1 aromatic carbocycles. The summed E-state index contributed by atoms with van der Waals surface area (Å²) in [5.41, 5.74) is 0.997. The zero-order valence-electron chi connectivity index (χ0n) is 9.86. The van der Waals surface area contributed by atoms with Crippen molar-refractivity contribution in [3.8, 4) is 5.75 Å². The molecule has 3 nitrogen and oxygen atoms in total. The number of hydrogen-bond acceptors (Lipinski definition) is 3. The molecule has 1 fully saturated rings. The van der Waals surface area contributed by atoms with E-state index in [1.165, 1.54) is 0 Å². The summed E-state index contributed by atoms with van der Waals surface area (Å²) in [6.07, 6.45) is 1.87. The third-order valence-electron chi connectivity index (χ3n) is 2.85. The lowest BCUT2D eigenvalue weighted by Gasteiger charge is -2.28. The van der Waals surface area contributed by atoms with Crippen LogP contribution in [0.2, 0.25) is 0 Å². The van der Waals surface area contributed by atoms with Crippen LogP contribution in [0.5, 0.6) is 5.75 Å². The topological polar surface area (TPSA) is 27.7 Å². The number of benzene rings is 1. The summed E-state index contributed by atoms with van der Waals surface area (Å²) in [6.45, 7) is 3.43. The fourth-order valence-corrected chi connectivity index (χ4v) is 2.18. The van der Waals surface area contributed by atoms with E-state index in [-0.39, 0.29) is 0 Å². The molecule has 0 N–H and O–H groups in total. The number of hydrogen-bond donors (Lipinski definition) is 0. The second-order valence-corrected chi connectivity index (χ2v) is 3.90. The lowest BCUT2D eigenvalue weighted by molar-refractivity contribution is -0.171. The van der Waals surface area contributed by atoms with Gasteiger partial charge in [0.25, 0.3) is 0 Å². The second kappa shape index (κ2) is 4.85. The summed E-state index contributed by atoms with van der Waals surface area (Å²) in [4.78, 5) is 0. The fourth-order valence-electron chi connectivity index (χ4n) is 2.18. The van der Waals surface area contributed by atoms with E-state index in [0.29, 0.717) is 13.2 Å². The molecule has 1 saturated heterocycles. The number of methoxy groups -OCH3 is 1. The highest BCUT2D eigenvalue weighted by molar-refractivity contribution is 5.37. The maximum absolute atomic E-state index is 5.81. The van der Waals surface area contributed by atoms with Crippen molar-refractivity contribution in [2.45, 2.75) is 25.6 Å². The van der Waals surface area contributed by atoms with Crippen molar-refractivity contribution in [1.82, 2.24) is 0 Å². The SMILES string of the molecule is CCCC1(c2ccccc2OC)OCCO1. The van der Waals surface area contributed by atoms with Gasteiger partial charge in [0.15, 0.2) is 5.79 Å². The Morgan fingerprint density at radius 3 is 2.56 bits per heavy atom. The van der Waals surface area contributed by atoms with Crippen LogP contribution in [0, 0.1) is 0 Å². The van der Waals surface area contributed by atoms with Crippen molar-refractivity contribution < 1.29 is 14.2 Å². The van der Waals surface area contributed by atoms with E-state index in [1.54, 1.807) is 7.11 Å². The number of rotatable bonds is 4. The third kappa shape index (κ3) is 1.93. The Bertz CT molecular complexity index is 343. The van der Waals surface area contributed by atoms with Crippen molar-refractivity contribution in [2.24, 2.45) is 0 Å². The first-order valence-electron chi connectivity index (χ1n) is 5.74. The monoisotopic (exact) mass is 222 g/mol. The van der Waals surface area contributed by atoms with E-state index >= 15 is 0 Å². The summed E-state index contributed by atoms with van der Waals surface area (Å²) in [6, 6.07) is 7.90. The molecule has 16 heavy (non-hydrogen) atoms. The fraction of sp³-hybridized carbons (Fsp3) is 0.538. The highest BCUT2D eigenvalue weighted by Gasteiger charge is 2.39. The normalized spacial score (nSPS) is 18.6. The molecule has 0 unspecified atom stereocenters. The molecule has 1 heterocycles. The highest BCUT2D eigenvalue weighted by atomic mass is 16.7. The highest BCUT2D eigenvalue weighted by Crippen LogP contribution is 2.40. The van der Waals surface area contributed by atoms with Crippen LogP contribution < -0.4 is 4.74 Å². The van der Waals surface area contributed by atoms with Gasteiger partial charge in [-0.25, -0.2) is 0 Å². The molecule has 2 rings (SSSR count). The van der Waals surface area contributed by atoms with E-state index in [4.69, 9.17) is 14.2 Å². The Balaban J connectivity index is 2.38. The zero-order chi connectivity index (χ0) is 11.4. The summed E-state index contributed by atoms with van der Waals surface area (Å²) in [7, 11) is 1.67. The van der Waals surface area contributed by atoms with Gasteiger partial charge >= 0.3 is 0 Å². The predicted molar refractivity (Wildman–Crippen MR) is 61.5 cm³/mol. The molecule has 0 spiro atoms. The smallest absolute Gasteiger partial charge is 0.198 e. The summed E-state index contributed by atoms with van der Waals surface area (Å²) in [5.74, 6) is 0.235. The largest absolute Gasteiger partial charge is 0.496 e. The van der Waals surface area contributed by atoms with Crippen LogP contribution in [0.3, 0.4) is 0 Å². The van der Waals surface area contributed by atoms with E-state index in [2.05, 4.69) is 6.92 Å². The van der Waals surface area contributed by atoms with Gasteiger partial charge in [-0.1, -0.05) is 25.5 Å². The van der Waals surface area contributed by atoms with Crippen LogP contribution >= 0.6 is 0 Å². The Labute approximate surface area is 96.3 Å². The Kier molecular flexibility index (Phi) is 3.46. The molecule has 1 aromatic rings. The number of ether oxygens (including phenoxy) is 3. The minimum Gasteiger partial charge on any atom is -0.496 e. The van der Waals surface area contributed by atoms with Crippen molar-refractivity contribution >= 4 is 0 Å². The first kappa shape index (κ1) is 11.4. The minimum absolute atomic E-state index is 0.596. The zero-order valence-corrected chi connectivity index (χ0v) is 9.86. The minimum atomic E-state index is -0.596. The van der Waals surface area contributed by atoms with Gasteiger partial charge in [0, 0.05) is 6.42 Å². The quantitative estimate of drug-likeness (QED) is 0.784. The van der Waals surface area contributed by atoms with Crippen LogP contribution in [0.15, 0.2) is 24.3 Å². The van der Waals surface area contributed by atoms with Crippen LogP contribution in [0.25, 0.3) is 0 Å². The molecule has 1 aliphatic heterocycles. The van der Waals surface area contributed by atoms with Gasteiger partial charge in [0.05, 0.1) is 25.9 Å². The molecule has 0 amide bonds. The molecule has 0 atom stereocenters. The lowest BCUT2D eigenvalue weighted by atomic mass is 10.00. The second-order valence-electron chi connectivity index (χ2n) is 3.90. The maximum atomic E-state index is 5.81. The Morgan fingerprint density at radius 1 is 1.25 bits per heavy atom. The molecule has 0 saturated carbocycles. The molecule has 3 heteroatoms. The van der Waals surface area contributed by atoms with E-state index in [1.807, 2.05) is 24.3 Å². The lowest BCUT2D eigenvalue weighted by Crippen LogP contribution is -2.27. The first-order valence-corrected chi connectivity index (χ1v) is 5.74. The van der Waals surface area contributed by atoms with Crippen molar-refractivity contribution in [3.63, 3.8) is 0 Å². The number of para-hydroxylation sites is 1. The molecule has 1 aliphatic rings. The van der Waals surface area contributed by atoms with Crippen molar-refractivity contribution in [2.75, 3.05) is 20.3 Å². The summed E-state index contributed by atoms with van der Waals surface area (Å²) >= 11 is 0. The molecule has 0 aliphatic carbocycles. The predicted octanol–water partition coefficient (Wildman–Crippen LogP) is 2.69. The molecule has 88 valence electrons. The van der Waals surface area contributed by atoms with Gasteiger partial charge in [-0.3, -0.25) is 0 Å². The van der Waals surface area contributed by atoms with Crippen LogP contribution in [0.4, 0.5) is 0 Å². The van der Waals surface area contributed by atoms with Crippen molar-refractivity contribution in [3.05, 3.63) is 29.8 Å². The van der Waals surface area contributed by atoms with Crippen LogP contribution in [0.1, 0.15) is 25.3 Å². The third-order valence-corrected chi connectivity index (χ3v) is 2.85. The van der Waals surface area contributed by atoms with Gasteiger partial charge in [0.2, 0.25) is 0 Å². The van der Waals surface area contributed by atoms with E-state index in [9.17, 15) is 0 Å². The van der Waals surface area contributed by atoms with Gasteiger partial charge in [-0.15, -0.1) is 0 Å². The molecular weight excluding hydrogens is 204 g/mol. The average molecular weight is 222 g/mol. The molecule has 0 aromatic heterocycles. The van der Waals surface area contributed by atoms with Crippen molar-refractivity contribution in [1.29, 1.82) is 0 Å². The van der Waals surface area contributed by atoms with Crippen LogP contribution in [-0.2, 0) is 15.3 Å². The van der Waals surface area contributed by atoms with E-state index < -0.39 is 5.79 Å². The van der Waals surface area contributed by atoms with E-state index in [0.717, 1.165) is 24.2 Å². The van der Waals surface area contributed by atoms with Gasteiger partial charge < -0.3 is 14.2 Å². The van der Waals surface area contributed by atoms with Gasteiger partial charge in [0.1, 0.15) is 5.75 Å². The van der Waals surface area contributed by atoms with Crippen LogP contribution in [-0.4, -0.2) is 20.3 Å². The Morgan fingerprint density at radius 2 is 1.94 bits per heavy atom. The maximum Gasteiger partial charge on any atom is 0.198 e. The van der Waals surface area contributed by atoms with Gasteiger partial charge in [-0.05, 0) is 12.1 Å².